The smallest absolute Gasteiger partial charge is 0.195 e. The Morgan fingerprint density at radius 1 is 1.53 bits per heavy atom. The van der Waals surface area contributed by atoms with Crippen molar-refractivity contribution in [2.24, 2.45) is 0 Å². The zero-order valence-corrected chi connectivity index (χ0v) is 12.9. The summed E-state index contributed by atoms with van der Waals surface area (Å²) < 4.78 is 9.30. The highest BCUT2D eigenvalue weighted by molar-refractivity contribution is 9.10. The first-order valence-corrected chi connectivity index (χ1v) is 7.00. The summed E-state index contributed by atoms with van der Waals surface area (Å²) in [5.41, 5.74) is 0. The Balaban J connectivity index is 2.20. The van der Waals surface area contributed by atoms with Crippen LogP contribution in [-0.4, -0.2) is 14.8 Å². The van der Waals surface area contributed by atoms with Gasteiger partial charge in [-0.3, -0.25) is 9.67 Å². The van der Waals surface area contributed by atoms with E-state index in [-0.39, 0.29) is 6.10 Å². The molecule has 1 aromatic heterocycles. The van der Waals surface area contributed by atoms with Crippen molar-refractivity contribution < 1.29 is 4.74 Å². The molecule has 0 aliphatic heterocycles. The average Bonchev–Trinajstić information content (AvgIpc) is 2.75. The molecule has 1 atom stereocenters. The maximum atomic E-state index is 5.85. The SMILES string of the molecule is C=CCn1c([C@H](C)Oc2ccc(Br)cc2)n[nH]c1=S. The molecule has 0 saturated heterocycles. The summed E-state index contributed by atoms with van der Waals surface area (Å²) in [5.74, 6) is 1.54. The normalized spacial score (nSPS) is 12.1. The number of aromatic nitrogens is 3. The van der Waals surface area contributed by atoms with Gasteiger partial charge in [-0.25, -0.2) is 0 Å². The van der Waals surface area contributed by atoms with Crippen LogP contribution < -0.4 is 4.74 Å². The highest BCUT2D eigenvalue weighted by Crippen LogP contribution is 2.22. The molecule has 0 fully saturated rings. The van der Waals surface area contributed by atoms with Crippen LogP contribution in [0.25, 0.3) is 0 Å². The van der Waals surface area contributed by atoms with Crippen LogP contribution in [0.2, 0.25) is 0 Å². The summed E-state index contributed by atoms with van der Waals surface area (Å²) in [6.45, 7) is 6.26. The summed E-state index contributed by atoms with van der Waals surface area (Å²) in [6, 6.07) is 7.67. The van der Waals surface area contributed by atoms with Gasteiger partial charge < -0.3 is 4.74 Å². The quantitative estimate of drug-likeness (QED) is 0.660. The van der Waals surface area contributed by atoms with Crippen molar-refractivity contribution in [3.8, 4) is 5.75 Å². The summed E-state index contributed by atoms with van der Waals surface area (Å²) in [7, 11) is 0. The number of halogens is 1. The topological polar surface area (TPSA) is 42.8 Å². The average molecular weight is 340 g/mol. The Labute approximate surface area is 125 Å². The van der Waals surface area contributed by atoms with E-state index in [1.165, 1.54) is 0 Å². The minimum absolute atomic E-state index is 0.200. The number of ether oxygens (including phenoxy) is 1. The highest BCUT2D eigenvalue weighted by Gasteiger charge is 2.15. The molecule has 0 spiro atoms. The lowest BCUT2D eigenvalue weighted by Crippen LogP contribution is -2.11. The van der Waals surface area contributed by atoms with E-state index >= 15 is 0 Å². The first kappa shape index (κ1) is 14.0. The van der Waals surface area contributed by atoms with E-state index in [9.17, 15) is 0 Å². The van der Waals surface area contributed by atoms with E-state index in [2.05, 4.69) is 32.7 Å². The third kappa shape index (κ3) is 3.33. The number of allylic oxidation sites excluding steroid dienone is 1. The molecular weight excluding hydrogens is 326 g/mol. The van der Waals surface area contributed by atoms with Crippen LogP contribution in [0.3, 0.4) is 0 Å². The molecule has 6 heteroatoms. The van der Waals surface area contributed by atoms with E-state index in [0.717, 1.165) is 16.0 Å². The fraction of sp³-hybridized carbons (Fsp3) is 0.231. The first-order valence-electron chi connectivity index (χ1n) is 5.80. The van der Waals surface area contributed by atoms with Gasteiger partial charge in [-0.15, -0.1) is 6.58 Å². The van der Waals surface area contributed by atoms with Crippen molar-refractivity contribution in [2.75, 3.05) is 0 Å². The van der Waals surface area contributed by atoms with Gasteiger partial charge >= 0.3 is 0 Å². The molecule has 0 aliphatic carbocycles. The fourth-order valence-corrected chi connectivity index (χ4v) is 2.19. The lowest BCUT2D eigenvalue weighted by atomic mass is 10.3. The third-order valence-corrected chi connectivity index (χ3v) is 3.43. The largest absolute Gasteiger partial charge is 0.483 e. The Morgan fingerprint density at radius 3 is 2.84 bits per heavy atom. The van der Waals surface area contributed by atoms with Gasteiger partial charge in [0.1, 0.15) is 5.75 Å². The summed E-state index contributed by atoms with van der Waals surface area (Å²) in [4.78, 5) is 0. The van der Waals surface area contributed by atoms with Crippen LogP contribution in [0, 0.1) is 4.77 Å². The number of nitrogens with zero attached hydrogens (tertiary/aromatic N) is 2. The molecule has 2 aromatic rings. The Morgan fingerprint density at radius 2 is 2.21 bits per heavy atom. The summed E-state index contributed by atoms with van der Waals surface area (Å²) in [5, 5.41) is 6.99. The van der Waals surface area contributed by atoms with E-state index < -0.39 is 0 Å². The zero-order valence-electron chi connectivity index (χ0n) is 10.5. The molecule has 1 N–H and O–H groups in total. The van der Waals surface area contributed by atoms with E-state index in [4.69, 9.17) is 17.0 Å². The van der Waals surface area contributed by atoms with E-state index in [1.807, 2.05) is 35.8 Å². The standard InChI is InChI=1S/C13H14BrN3OS/c1-3-8-17-12(15-16-13(17)19)9(2)18-11-6-4-10(14)5-7-11/h3-7,9H,1,8H2,2H3,(H,16,19)/t9-/m0/s1. The molecule has 1 aromatic carbocycles. The number of aromatic amines is 1. The van der Waals surface area contributed by atoms with E-state index in [1.54, 1.807) is 6.08 Å². The number of rotatable bonds is 5. The second kappa shape index (κ2) is 6.16. The molecule has 0 aliphatic rings. The zero-order chi connectivity index (χ0) is 13.8. The van der Waals surface area contributed by atoms with Crippen LogP contribution in [-0.2, 0) is 6.54 Å². The van der Waals surface area contributed by atoms with Crippen LogP contribution >= 0.6 is 28.1 Å². The second-order valence-corrected chi connectivity index (χ2v) is 5.30. The maximum Gasteiger partial charge on any atom is 0.195 e. The number of H-pyrrole nitrogens is 1. The van der Waals surface area contributed by atoms with Crippen molar-refractivity contribution in [1.82, 2.24) is 14.8 Å². The molecule has 0 amide bonds. The monoisotopic (exact) mass is 339 g/mol. The van der Waals surface area contributed by atoms with Gasteiger partial charge in [0.05, 0.1) is 0 Å². The Kier molecular flexibility index (Phi) is 4.55. The number of benzene rings is 1. The predicted octanol–water partition coefficient (Wildman–Crippen LogP) is 4.03. The van der Waals surface area contributed by atoms with Gasteiger partial charge in [0, 0.05) is 11.0 Å². The van der Waals surface area contributed by atoms with Gasteiger partial charge in [0.15, 0.2) is 16.7 Å². The van der Waals surface area contributed by atoms with Crippen LogP contribution in [0.4, 0.5) is 0 Å². The van der Waals surface area contributed by atoms with Crippen LogP contribution in [0.5, 0.6) is 5.75 Å². The fourth-order valence-electron chi connectivity index (χ4n) is 1.72. The van der Waals surface area contributed by atoms with Crippen molar-refractivity contribution in [2.45, 2.75) is 19.6 Å². The van der Waals surface area contributed by atoms with Gasteiger partial charge in [-0.05, 0) is 43.4 Å². The molecule has 0 radical (unpaired) electrons. The van der Waals surface area contributed by atoms with Crippen LogP contribution in [0.1, 0.15) is 18.9 Å². The van der Waals surface area contributed by atoms with Crippen molar-refractivity contribution >= 4 is 28.1 Å². The number of hydrogen-bond acceptors (Lipinski definition) is 3. The summed E-state index contributed by atoms with van der Waals surface area (Å²) in [6.07, 6.45) is 1.58. The van der Waals surface area contributed by atoms with Gasteiger partial charge in [0.25, 0.3) is 0 Å². The first-order chi connectivity index (χ1) is 9.11. The predicted molar refractivity (Wildman–Crippen MR) is 80.8 cm³/mol. The Bertz CT molecular complexity index is 618. The third-order valence-electron chi connectivity index (χ3n) is 2.59. The molecular formula is C13H14BrN3OS. The van der Waals surface area contributed by atoms with Crippen LogP contribution in [0.15, 0.2) is 41.4 Å². The molecule has 0 unspecified atom stereocenters. The van der Waals surface area contributed by atoms with Gasteiger partial charge in [-0.1, -0.05) is 22.0 Å². The van der Waals surface area contributed by atoms with Gasteiger partial charge in [-0.2, -0.15) is 5.10 Å². The molecule has 4 nitrogen and oxygen atoms in total. The molecule has 1 heterocycles. The minimum atomic E-state index is -0.200. The molecule has 0 saturated carbocycles. The number of hydrogen-bond donors (Lipinski definition) is 1. The number of nitrogens with one attached hydrogen (secondary N) is 1. The molecule has 0 bridgehead atoms. The Hall–Kier alpha value is -1.40. The van der Waals surface area contributed by atoms with Crippen molar-refractivity contribution in [1.29, 1.82) is 0 Å². The summed E-state index contributed by atoms with van der Waals surface area (Å²) >= 11 is 8.56. The minimum Gasteiger partial charge on any atom is -0.483 e. The maximum absolute atomic E-state index is 5.85. The molecule has 2 rings (SSSR count). The molecule has 100 valence electrons. The second-order valence-electron chi connectivity index (χ2n) is 4.00. The van der Waals surface area contributed by atoms with Crippen molar-refractivity contribution in [3.63, 3.8) is 0 Å². The van der Waals surface area contributed by atoms with Crippen molar-refractivity contribution in [3.05, 3.63) is 52.0 Å². The highest BCUT2D eigenvalue weighted by atomic mass is 79.9. The lowest BCUT2D eigenvalue weighted by molar-refractivity contribution is 0.211. The lowest BCUT2D eigenvalue weighted by Gasteiger charge is -2.14. The molecule has 19 heavy (non-hydrogen) atoms. The van der Waals surface area contributed by atoms with Gasteiger partial charge in [0.2, 0.25) is 0 Å². The van der Waals surface area contributed by atoms with E-state index in [0.29, 0.717) is 11.3 Å².